The number of nitrogens with zero attached hydrogens (tertiary/aromatic N) is 1. The average Bonchev–Trinajstić information content (AvgIpc) is 1.98. The molecule has 1 saturated carbocycles. The van der Waals surface area contributed by atoms with Gasteiger partial charge in [0.05, 0.1) is 6.54 Å². The lowest BCUT2D eigenvalue weighted by Crippen LogP contribution is -2.48. The van der Waals surface area contributed by atoms with Crippen molar-refractivity contribution in [2.45, 2.75) is 31.2 Å². The Hall–Kier alpha value is -0.520. The Morgan fingerprint density at radius 1 is 1.58 bits per heavy atom. The van der Waals surface area contributed by atoms with Crippen molar-refractivity contribution >= 4 is 0 Å². The molecule has 0 aliphatic heterocycles. The molecule has 0 heterocycles. The Morgan fingerprint density at radius 2 is 2.25 bits per heavy atom. The van der Waals surface area contributed by atoms with Gasteiger partial charge in [0.1, 0.15) is 0 Å². The Bertz CT molecular complexity index is 177. The van der Waals surface area contributed by atoms with E-state index in [1.807, 2.05) is 7.05 Å². The van der Waals surface area contributed by atoms with E-state index in [0.717, 1.165) is 19.5 Å². The number of terminal acetylenes is 1. The summed E-state index contributed by atoms with van der Waals surface area (Å²) in [4.78, 5) is 2.15. The summed E-state index contributed by atoms with van der Waals surface area (Å²) in [5.74, 6) is 2.62. The molecule has 0 spiro atoms. The molecule has 1 aliphatic carbocycles. The van der Waals surface area contributed by atoms with Crippen molar-refractivity contribution in [2.24, 2.45) is 5.73 Å². The summed E-state index contributed by atoms with van der Waals surface area (Å²) in [5, 5.41) is 0. The van der Waals surface area contributed by atoms with Crippen molar-refractivity contribution in [1.82, 2.24) is 4.90 Å². The summed E-state index contributed by atoms with van der Waals surface area (Å²) in [6.07, 6.45) is 9.96. The molecule has 0 radical (unpaired) electrons. The van der Waals surface area contributed by atoms with Crippen LogP contribution >= 0.6 is 0 Å². The van der Waals surface area contributed by atoms with E-state index in [9.17, 15) is 0 Å². The first-order valence-corrected chi connectivity index (χ1v) is 4.57. The second-order valence-electron chi connectivity index (χ2n) is 3.91. The monoisotopic (exact) mass is 166 g/mol. The lowest BCUT2D eigenvalue weighted by Gasteiger charge is -2.39. The first-order chi connectivity index (χ1) is 5.66. The van der Waals surface area contributed by atoms with Crippen LogP contribution in [0, 0.1) is 12.3 Å². The number of hydrogen-bond donors (Lipinski definition) is 1. The van der Waals surface area contributed by atoms with Crippen molar-refractivity contribution in [3.05, 3.63) is 0 Å². The summed E-state index contributed by atoms with van der Waals surface area (Å²) in [6, 6.07) is 0. The van der Waals surface area contributed by atoms with Crippen LogP contribution < -0.4 is 5.73 Å². The maximum absolute atomic E-state index is 6.07. The van der Waals surface area contributed by atoms with Gasteiger partial charge in [-0.2, -0.15) is 0 Å². The minimum absolute atomic E-state index is 0.142. The van der Waals surface area contributed by atoms with Crippen LogP contribution in [0.25, 0.3) is 0 Å². The molecule has 1 aliphatic rings. The minimum Gasteiger partial charge on any atom is -0.325 e. The fraction of sp³-hybridized carbons (Fsp3) is 0.800. The fourth-order valence-electron chi connectivity index (χ4n) is 1.53. The van der Waals surface area contributed by atoms with Crippen LogP contribution in [0.3, 0.4) is 0 Å². The summed E-state index contributed by atoms with van der Waals surface area (Å²) < 4.78 is 0. The van der Waals surface area contributed by atoms with E-state index >= 15 is 0 Å². The zero-order valence-corrected chi connectivity index (χ0v) is 7.84. The van der Waals surface area contributed by atoms with Gasteiger partial charge < -0.3 is 5.73 Å². The van der Waals surface area contributed by atoms with Crippen LogP contribution in [0.4, 0.5) is 0 Å². The molecule has 1 fully saturated rings. The molecule has 0 atom stereocenters. The Kier molecular flexibility index (Phi) is 3.13. The van der Waals surface area contributed by atoms with Gasteiger partial charge in [0.2, 0.25) is 0 Å². The molecule has 12 heavy (non-hydrogen) atoms. The van der Waals surface area contributed by atoms with E-state index in [1.54, 1.807) is 0 Å². The van der Waals surface area contributed by atoms with Crippen LogP contribution in [0.2, 0.25) is 0 Å². The minimum atomic E-state index is 0.142. The molecule has 0 aromatic heterocycles. The molecular formula is C10H18N2. The SMILES string of the molecule is C#CCN(C)CCC1(N)CCC1. The predicted molar refractivity (Wildman–Crippen MR) is 51.7 cm³/mol. The van der Waals surface area contributed by atoms with Crippen molar-refractivity contribution in [2.75, 3.05) is 20.1 Å². The van der Waals surface area contributed by atoms with E-state index < -0.39 is 0 Å². The molecule has 2 heteroatoms. The highest BCUT2D eigenvalue weighted by molar-refractivity contribution is 4.94. The van der Waals surface area contributed by atoms with Gasteiger partial charge in [-0.15, -0.1) is 6.42 Å². The van der Waals surface area contributed by atoms with Gasteiger partial charge in [0.25, 0.3) is 0 Å². The van der Waals surface area contributed by atoms with E-state index in [4.69, 9.17) is 12.2 Å². The molecular weight excluding hydrogens is 148 g/mol. The molecule has 0 aromatic carbocycles. The number of nitrogens with two attached hydrogens (primary N) is 1. The fourth-order valence-corrected chi connectivity index (χ4v) is 1.53. The summed E-state index contributed by atoms with van der Waals surface area (Å²) in [6.45, 7) is 1.76. The average molecular weight is 166 g/mol. The second-order valence-corrected chi connectivity index (χ2v) is 3.91. The number of rotatable bonds is 4. The Labute approximate surface area is 75.1 Å². The van der Waals surface area contributed by atoms with Gasteiger partial charge in [-0.3, -0.25) is 4.90 Å². The Morgan fingerprint density at radius 3 is 2.67 bits per heavy atom. The molecule has 0 unspecified atom stereocenters. The standard InChI is InChI=1S/C10H18N2/c1-3-8-12(2)9-7-10(11)5-4-6-10/h1H,4-9,11H2,2H3. The number of hydrogen-bond acceptors (Lipinski definition) is 2. The van der Waals surface area contributed by atoms with Gasteiger partial charge in [-0.05, 0) is 32.7 Å². The van der Waals surface area contributed by atoms with Crippen molar-refractivity contribution < 1.29 is 0 Å². The molecule has 0 amide bonds. The third-order valence-electron chi connectivity index (χ3n) is 2.70. The highest BCUT2D eigenvalue weighted by atomic mass is 15.1. The zero-order chi connectivity index (χ0) is 9.03. The molecule has 0 bridgehead atoms. The molecule has 1 rings (SSSR count). The van der Waals surface area contributed by atoms with E-state index in [0.29, 0.717) is 0 Å². The maximum atomic E-state index is 6.07. The predicted octanol–water partition coefficient (Wildman–Crippen LogP) is 0.823. The third kappa shape index (κ3) is 2.51. The first kappa shape index (κ1) is 9.57. The van der Waals surface area contributed by atoms with Crippen LogP contribution in [0.1, 0.15) is 25.7 Å². The van der Waals surface area contributed by atoms with E-state index in [-0.39, 0.29) is 5.54 Å². The van der Waals surface area contributed by atoms with Crippen LogP contribution in [-0.2, 0) is 0 Å². The normalized spacial score (nSPS) is 20.2. The molecule has 2 N–H and O–H groups in total. The highest BCUT2D eigenvalue weighted by Gasteiger charge is 2.31. The lowest BCUT2D eigenvalue weighted by molar-refractivity contribution is 0.202. The first-order valence-electron chi connectivity index (χ1n) is 4.57. The second kappa shape index (κ2) is 3.93. The van der Waals surface area contributed by atoms with Gasteiger partial charge in [-0.25, -0.2) is 0 Å². The van der Waals surface area contributed by atoms with Crippen molar-refractivity contribution in [3.8, 4) is 12.3 Å². The van der Waals surface area contributed by atoms with Crippen LogP contribution in [0.15, 0.2) is 0 Å². The highest BCUT2D eigenvalue weighted by Crippen LogP contribution is 2.31. The zero-order valence-electron chi connectivity index (χ0n) is 7.84. The van der Waals surface area contributed by atoms with E-state index in [1.165, 1.54) is 19.3 Å². The molecule has 0 saturated heterocycles. The van der Waals surface area contributed by atoms with Crippen molar-refractivity contribution in [3.63, 3.8) is 0 Å². The van der Waals surface area contributed by atoms with Gasteiger partial charge in [0.15, 0.2) is 0 Å². The summed E-state index contributed by atoms with van der Waals surface area (Å²) >= 11 is 0. The quantitative estimate of drug-likeness (QED) is 0.627. The topological polar surface area (TPSA) is 29.3 Å². The largest absolute Gasteiger partial charge is 0.325 e. The van der Waals surface area contributed by atoms with Gasteiger partial charge >= 0.3 is 0 Å². The molecule has 2 nitrogen and oxygen atoms in total. The van der Waals surface area contributed by atoms with Crippen molar-refractivity contribution in [1.29, 1.82) is 0 Å². The maximum Gasteiger partial charge on any atom is 0.0596 e. The van der Waals surface area contributed by atoms with Crippen LogP contribution in [-0.4, -0.2) is 30.6 Å². The lowest BCUT2D eigenvalue weighted by atomic mass is 9.75. The van der Waals surface area contributed by atoms with Gasteiger partial charge in [0, 0.05) is 12.1 Å². The third-order valence-corrected chi connectivity index (χ3v) is 2.70. The van der Waals surface area contributed by atoms with E-state index in [2.05, 4.69) is 10.8 Å². The molecule has 68 valence electrons. The molecule has 0 aromatic rings. The van der Waals surface area contributed by atoms with Gasteiger partial charge in [-0.1, -0.05) is 5.92 Å². The smallest absolute Gasteiger partial charge is 0.0596 e. The van der Waals surface area contributed by atoms with Crippen LogP contribution in [0.5, 0.6) is 0 Å². The summed E-state index contributed by atoms with van der Waals surface area (Å²) in [7, 11) is 2.04. The summed E-state index contributed by atoms with van der Waals surface area (Å²) in [5.41, 5.74) is 6.21. The Balaban J connectivity index is 2.12.